The smallest absolute Gasteiger partial charge is 0.122 e. The number of halogens is 1. The lowest BCUT2D eigenvalue weighted by atomic mass is 10.3. The fourth-order valence-electron chi connectivity index (χ4n) is 1.64. The molecule has 21 heavy (non-hydrogen) atoms. The molecule has 0 saturated carbocycles. The zero-order chi connectivity index (χ0) is 15.1. The van der Waals surface area contributed by atoms with Crippen LogP contribution in [0.4, 0.5) is 0 Å². The van der Waals surface area contributed by atoms with Gasteiger partial charge in [0.05, 0.1) is 7.11 Å². The molecule has 0 fully saturated rings. The van der Waals surface area contributed by atoms with Gasteiger partial charge >= 0.3 is 0 Å². The highest BCUT2D eigenvalue weighted by Gasteiger charge is 2.07. The molecular formula is C16H17BrO4. The zero-order valence-electron chi connectivity index (χ0n) is 11.7. The minimum absolute atomic E-state index is 0.170. The molecule has 1 N–H and O–H groups in total. The summed E-state index contributed by atoms with van der Waals surface area (Å²) in [5, 5.41) is 9.84. The second-order valence-corrected chi connectivity index (χ2v) is 5.32. The molecule has 0 heterocycles. The average molecular weight is 353 g/mol. The Morgan fingerprint density at radius 2 is 1.29 bits per heavy atom. The molecule has 0 amide bonds. The van der Waals surface area contributed by atoms with Gasteiger partial charge < -0.3 is 19.3 Å². The van der Waals surface area contributed by atoms with E-state index in [1.807, 2.05) is 24.3 Å². The van der Waals surface area contributed by atoms with Crippen molar-refractivity contribution < 1.29 is 19.3 Å². The lowest BCUT2D eigenvalue weighted by molar-refractivity contribution is 0.0626. The van der Waals surface area contributed by atoms with Gasteiger partial charge in [0.2, 0.25) is 0 Å². The lowest BCUT2D eigenvalue weighted by Crippen LogP contribution is -2.25. The highest BCUT2D eigenvalue weighted by molar-refractivity contribution is 9.10. The van der Waals surface area contributed by atoms with E-state index in [0.29, 0.717) is 11.5 Å². The van der Waals surface area contributed by atoms with E-state index >= 15 is 0 Å². The molecule has 0 radical (unpaired) electrons. The quantitative estimate of drug-likeness (QED) is 0.830. The van der Waals surface area contributed by atoms with E-state index in [4.69, 9.17) is 14.2 Å². The number of ether oxygens (including phenoxy) is 3. The van der Waals surface area contributed by atoms with Crippen LogP contribution < -0.4 is 14.2 Å². The molecule has 2 aromatic carbocycles. The summed E-state index contributed by atoms with van der Waals surface area (Å²) < 4.78 is 17.0. The Bertz CT molecular complexity index is 539. The molecule has 0 saturated heterocycles. The Balaban J connectivity index is 1.73. The van der Waals surface area contributed by atoms with Crippen molar-refractivity contribution in [3.8, 4) is 17.2 Å². The lowest BCUT2D eigenvalue weighted by Gasteiger charge is -2.14. The second kappa shape index (κ2) is 7.90. The van der Waals surface area contributed by atoms with E-state index in [0.717, 1.165) is 10.2 Å². The average Bonchev–Trinajstić information content (AvgIpc) is 2.53. The first-order chi connectivity index (χ1) is 10.2. The van der Waals surface area contributed by atoms with E-state index in [1.165, 1.54) is 0 Å². The van der Waals surface area contributed by atoms with Crippen molar-refractivity contribution >= 4 is 15.9 Å². The van der Waals surface area contributed by atoms with Crippen molar-refractivity contribution in [3.63, 3.8) is 0 Å². The first-order valence-corrected chi connectivity index (χ1v) is 7.30. The number of rotatable bonds is 7. The number of aliphatic hydroxyl groups is 1. The van der Waals surface area contributed by atoms with Crippen LogP contribution in [0.3, 0.4) is 0 Å². The van der Waals surface area contributed by atoms with Crippen molar-refractivity contribution in [3.05, 3.63) is 53.0 Å². The van der Waals surface area contributed by atoms with Gasteiger partial charge in [-0.2, -0.15) is 0 Å². The van der Waals surface area contributed by atoms with Gasteiger partial charge in [0, 0.05) is 4.47 Å². The molecule has 0 bridgehead atoms. The molecule has 0 spiro atoms. The number of benzene rings is 2. The molecule has 2 rings (SSSR count). The third-order valence-corrected chi connectivity index (χ3v) is 3.29. The normalized spacial score (nSPS) is 11.8. The van der Waals surface area contributed by atoms with Crippen molar-refractivity contribution in [2.24, 2.45) is 0 Å². The van der Waals surface area contributed by atoms with Gasteiger partial charge in [-0.3, -0.25) is 0 Å². The van der Waals surface area contributed by atoms with Crippen LogP contribution in [0.5, 0.6) is 17.2 Å². The number of methoxy groups -OCH3 is 1. The molecular weight excluding hydrogens is 336 g/mol. The van der Waals surface area contributed by atoms with E-state index in [9.17, 15) is 5.11 Å². The van der Waals surface area contributed by atoms with Crippen molar-refractivity contribution in [2.45, 2.75) is 6.10 Å². The topological polar surface area (TPSA) is 47.9 Å². The first-order valence-electron chi connectivity index (χ1n) is 6.50. The van der Waals surface area contributed by atoms with Crippen LogP contribution in [0.15, 0.2) is 53.0 Å². The van der Waals surface area contributed by atoms with Crippen LogP contribution >= 0.6 is 15.9 Å². The van der Waals surface area contributed by atoms with Crippen LogP contribution in [0.1, 0.15) is 0 Å². The number of aliphatic hydroxyl groups excluding tert-OH is 1. The summed E-state index contributed by atoms with van der Waals surface area (Å²) >= 11 is 3.35. The summed E-state index contributed by atoms with van der Waals surface area (Å²) in [7, 11) is 1.61. The fourth-order valence-corrected chi connectivity index (χ4v) is 1.90. The molecule has 112 valence electrons. The highest BCUT2D eigenvalue weighted by Crippen LogP contribution is 2.18. The van der Waals surface area contributed by atoms with E-state index in [-0.39, 0.29) is 13.2 Å². The molecule has 1 atom stereocenters. The number of hydrogen-bond acceptors (Lipinski definition) is 4. The maximum atomic E-state index is 9.84. The van der Waals surface area contributed by atoms with Gasteiger partial charge in [0.15, 0.2) is 0 Å². The molecule has 0 aromatic heterocycles. The van der Waals surface area contributed by atoms with Gasteiger partial charge in [-0.25, -0.2) is 0 Å². The molecule has 2 aromatic rings. The van der Waals surface area contributed by atoms with Gasteiger partial charge in [0.1, 0.15) is 36.6 Å². The third-order valence-electron chi connectivity index (χ3n) is 2.76. The zero-order valence-corrected chi connectivity index (χ0v) is 13.2. The van der Waals surface area contributed by atoms with Crippen LogP contribution in [0.2, 0.25) is 0 Å². The summed E-state index contributed by atoms with van der Waals surface area (Å²) in [6, 6.07) is 14.6. The van der Waals surface area contributed by atoms with Gasteiger partial charge in [-0.15, -0.1) is 0 Å². The van der Waals surface area contributed by atoms with Crippen molar-refractivity contribution in [1.29, 1.82) is 0 Å². The minimum Gasteiger partial charge on any atom is -0.497 e. The van der Waals surface area contributed by atoms with Gasteiger partial charge in [-0.1, -0.05) is 15.9 Å². The maximum absolute atomic E-state index is 9.84. The first kappa shape index (κ1) is 15.7. The monoisotopic (exact) mass is 352 g/mol. The Labute approximate surface area is 132 Å². The molecule has 0 aliphatic heterocycles. The summed E-state index contributed by atoms with van der Waals surface area (Å²) in [5.41, 5.74) is 0. The fraction of sp³-hybridized carbons (Fsp3) is 0.250. The molecule has 5 heteroatoms. The molecule has 4 nitrogen and oxygen atoms in total. The molecule has 1 unspecified atom stereocenters. The summed E-state index contributed by atoms with van der Waals surface area (Å²) in [4.78, 5) is 0. The van der Waals surface area contributed by atoms with Crippen molar-refractivity contribution in [1.82, 2.24) is 0 Å². The maximum Gasteiger partial charge on any atom is 0.122 e. The predicted octanol–water partition coefficient (Wildman–Crippen LogP) is 3.28. The van der Waals surface area contributed by atoms with Crippen LogP contribution in [0, 0.1) is 0 Å². The van der Waals surface area contributed by atoms with Gasteiger partial charge in [0.25, 0.3) is 0 Å². The SMILES string of the molecule is COc1ccc(OCC(O)COc2ccc(Br)cc2)cc1. The molecule has 0 aliphatic rings. The Kier molecular flexibility index (Phi) is 5.90. The molecule has 0 aliphatic carbocycles. The Morgan fingerprint density at radius 1 is 0.857 bits per heavy atom. The standard InChI is InChI=1S/C16H17BrO4/c1-19-14-6-8-16(9-7-14)21-11-13(18)10-20-15-4-2-12(17)3-5-15/h2-9,13,18H,10-11H2,1H3. The van der Waals surface area contributed by atoms with Crippen LogP contribution in [-0.2, 0) is 0 Å². The third kappa shape index (κ3) is 5.28. The minimum atomic E-state index is -0.698. The van der Waals surface area contributed by atoms with E-state index in [2.05, 4.69) is 15.9 Å². The van der Waals surface area contributed by atoms with E-state index < -0.39 is 6.10 Å². The highest BCUT2D eigenvalue weighted by atomic mass is 79.9. The predicted molar refractivity (Wildman–Crippen MR) is 84.1 cm³/mol. The van der Waals surface area contributed by atoms with E-state index in [1.54, 1.807) is 31.4 Å². The Morgan fingerprint density at radius 3 is 1.76 bits per heavy atom. The largest absolute Gasteiger partial charge is 0.497 e. The van der Waals surface area contributed by atoms with Gasteiger partial charge in [-0.05, 0) is 48.5 Å². The second-order valence-electron chi connectivity index (χ2n) is 4.41. The van der Waals surface area contributed by atoms with Crippen molar-refractivity contribution in [2.75, 3.05) is 20.3 Å². The Hall–Kier alpha value is -1.72. The summed E-state index contributed by atoms with van der Waals surface area (Å²) in [6.07, 6.45) is -0.698. The van der Waals surface area contributed by atoms with Crippen LogP contribution in [-0.4, -0.2) is 31.5 Å². The summed E-state index contributed by atoms with van der Waals surface area (Å²) in [6.45, 7) is 0.348. The summed E-state index contributed by atoms with van der Waals surface area (Å²) in [5.74, 6) is 2.15. The number of hydrogen-bond donors (Lipinski definition) is 1. The van der Waals surface area contributed by atoms with Crippen LogP contribution in [0.25, 0.3) is 0 Å².